The second kappa shape index (κ2) is 6.81. The Morgan fingerprint density at radius 2 is 2.27 bits per heavy atom. The largest absolute Gasteiger partial charge is 0.493 e. The number of thiazole rings is 1. The summed E-state index contributed by atoms with van der Waals surface area (Å²) in [5, 5.41) is 10.4. The number of nitriles is 1. The molecule has 0 aliphatic carbocycles. The standard InChI is InChI=1S/C21H18N2O2S/c1-3-24-18-10-14-8-13(2)25-19(14)11-15(18)9-16(12-22)21-23-17-6-4-5-7-20(17)26-21/h4-7,9-11,13H,3,8H2,1-2H3/b16-9+/t13-/m1/s1. The van der Waals surface area contributed by atoms with Gasteiger partial charge in [-0.05, 0) is 44.2 Å². The van der Waals surface area contributed by atoms with Gasteiger partial charge in [0, 0.05) is 17.5 Å². The summed E-state index contributed by atoms with van der Waals surface area (Å²) in [6.45, 7) is 4.58. The number of para-hydroxylation sites is 1. The molecule has 3 aromatic rings. The minimum Gasteiger partial charge on any atom is -0.493 e. The van der Waals surface area contributed by atoms with Gasteiger partial charge in [0.15, 0.2) is 0 Å². The predicted molar refractivity (Wildman–Crippen MR) is 105 cm³/mol. The fraction of sp³-hybridized carbons (Fsp3) is 0.238. The maximum absolute atomic E-state index is 9.70. The minimum atomic E-state index is 0.165. The third kappa shape index (κ3) is 3.04. The number of ether oxygens (including phenoxy) is 2. The monoisotopic (exact) mass is 362 g/mol. The topological polar surface area (TPSA) is 55.1 Å². The Labute approximate surface area is 156 Å². The minimum absolute atomic E-state index is 0.165. The first kappa shape index (κ1) is 16.6. The van der Waals surface area contributed by atoms with Crippen molar-refractivity contribution in [3.8, 4) is 17.6 Å². The van der Waals surface area contributed by atoms with E-state index in [9.17, 15) is 5.26 Å². The van der Waals surface area contributed by atoms with E-state index in [1.54, 1.807) is 0 Å². The third-order valence-corrected chi connectivity index (χ3v) is 5.34. The fourth-order valence-electron chi connectivity index (χ4n) is 3.13. The quantitative estimate of drug-likeness (QED) is 0.607. The zero-order valence-electron chi connectivity index (χ0n) is 14.7. The lowest BCUT2D eigenvalue weighted by Gasteiger charge is -2.10. The second-order valence-corrected chi connectivity index (χ2v) is 7.25. The number of benzene rings is 2. The highest BCUT2D eigenvalue weighted by molar-refractivity contribution is 7.19. The van der Waals surface area contributed by atoms with Crippen molar-refractivity contribution in [3.63, 3.8) is 0 Å². The zero-order valence-corrected chi connectivity index (χ0v) is 15.5. The van der Waals surface area contributed by atoms with Crippen molar-refractivity contribution in [1.29, 1.82) is 5.26 Å². The molecule has 0 saturated carbocycles. The lowest BCUT2D eigenvalue weighted by Crippen LogP contribution is -2.05. The van der Waals surface area contributed by atoms with Gasteiger partial charge in [-0.3, -0.25) is 0 Å². The van der Waals surface area contributed by atoms with Crippen LogP contribution in [-0.2, 0) is 6.42 Å². The average Bonchev–Trinajstić information content (AvgIpc) is 3.21. The molecule has 26 heavy (non-hydrogen) atoms. The van der Waals surface area contributed by atoms with Crippen LogP contribution in [-0.4, -0.2) is 17.7 Å². The Balaban J connectivity index is 1.80. The molecule has 4 rings (SSSR count). The Morgan fingerprint density at radius 3 is 3.04 bits per heavy atom. The molecular formula is C21H18N2O2S. The number of rotatable bonds is 4. The second-order valence-electron chi connectivity index (χ2n) is 6.22. The van der Waals surface area contributed by atoms with E-state index >= 15 is 0 Å². The number of allylic oxidation sites excluding steroid dienone is 1. The maximum Gasteiger partial charge on any atom is 0.135 e. The number of aromatic nitrogens is 1. The molecule has 0 unspecified atom stereocenters. The lowest BCUT2D eigenvalue weighted by molar-refractivity contribution is 0.254. The van der Waals surface area contributed by atoms with Crippen molar-refractivity contribution < 1.29 is 9.47 Å². The van der Waals surface area contributed by atoms with E-state index in [0.717, 1.165) is 39.3 Å². The summed E-state index contributed by atoms with van der Waals surface area (Å²) in [7, 11) is 0. The first-order valence-electron chi connectivity index (χ1n) is 8.62. The molecule has 0 fully saturated rings. The molecule has 1 aliphatic heterocycles. The summed E-state index contributed by atoms with van der Waals surface area (Å²) < 4.78 is 12.7. The maximum atomic E-state index is 9.70. The summed E-state index contributed by atoms with van der Waals surface area (Å²) >= 11 is 1.52. The molecule has 4 nitrogen and oxygen atoms in total. The Hall–Kier alpha value is -2.84. The first-order valence-corrected chi connectivity index (χ1v) is 9.43. The molecule has 0 spiro atoms. The number of hydrogen-bond donors (Lipinski definition) is 0. The summed E-state index contributed by atoms with van der Waals surface area (Å²) in [6.07, 6.45) is 2.89. The van der Waals surface area contributed by atoms with Gasteiger partial charge in [-0.1, -0.05) is 12.1 Å². The zero-order chi connectivity index (χ0) is 18.1. The number of fused-ring (bicyclic) bond motifs is 2. The highest BCUT2D eigenvalue weighted by atomic mass is 32.1. The van der Waals surface area contributed by atoms with Crippen LogP contribution in [0.25, 0.3) is 21.9 Å². The smallest absolute Gasteiger partial charge is 0.135 e. The molecule has 0 saturated heterocycles. The van der Waals surface area contributed by atoms with Gasteiger partial charge >= 0.3 is 0 Å². The highest BCUT2D eigenvalue weighted by Gasteiger charge is 2.22. The van der Waals surface area contributed by atoms with Gasteiger partial charge in [0.1, 0.15) is 28.7 Å². The SMILES string of the molecule is CCOc1cc2c(cc1/C=C(\C#N)c1nc3ccccc3s1)O[C@H](C)C2. The average molecular weight is 362 g/mol. The third-order valence-electron chi connectivity index (χ3n) is 4.27. The van der Waals surface area contributed by atoms with Crippen LogP contribution in [0, 0.1) is 11.3 Å². The molecule has 2 aromatic carbocycles. The number of hydrogen-bond acceptors (Lipinski definition) is 5. The van der Waals surface area contributed by atoms with Crippen LogP contribution in [0.4, 0.5) is 0 Å². The van der Waals surface area contributed by atoms with E-state index in [1.807, 2.05) is 49.4 Å². The molecule has 0 N–H and O–H groups in total. The van der Waals surface area contributed by atoms with Gasteiger partial charge in [0.25, 0.3) is 0 Å². The van der Waals surface area contributed by atoms with Crippen molar-refractivity contribution >= 4 is 33.2 Å². The molecule has 1 aliphatic rings. The van der Waals surface area contributed by atoms with Crippen LogP contribution in [0.2, 0.25) is 0 Å². The summed E-state index contributed by atoms with van der Waals surface area (Å²) in [5.74, 6) is 1.65. The van der Waals surface area contributed by atoms with Crippen LogP contribution in [0.5, 0.6) is 11.5 Å². The molecule has 0 amide bonds. The molecule has 2 heterocycles. The molecular weight excluding hydrogens is 344 g/mol. The van der Waals surface area contributed by atoms with Gasteiger partial charge in [-0.25, -0.2) is 4.98 Å². The molecule has 5 heteroatoms. The van der Waals surface area contributed by atoms with Crippen LogP contribution >= 0.6 is 11.3 Å². The molecule has 0 bridgehead atoms. The highest BCUT2D eigenvalue weighted by Crippen LogP contribution is 2.37. The lowest BCUT2D eigenvalue weighted by atomic mass is 10.0. The van der Waals surface area contributed by atoms with Crippen molar-refractivity contribution in [1.82, 2.24) is 4.98 Å². The van der Waals surface area contributed by atoms with Gasteiger partial charge in [0.2, 0.25) is 0 Å². The van der Waals surface area contributed by atoms with Gasteiger partial charge in [0.05, 0.1) is 22.4 Å². The number of nitrogens with zero attached hydrogens (tertiary/aromatic N) is 2. The summed E-state index contributed by atoms with van der Waals surface area (Å²) in [6, 6.07) is 14.2. The van der Waals surface area contributed by atoms with E-state index < -0.39 is 0 Å². The molecule has 1 aromatic heterocycles. The normalized spacial score (nSPS) is 16.2. The van der Waals surface area contributed by atoms with Gasteiger partial charge in [-0.2, -0.15) is 5.26 Å². The van der Waals surface area contributed by atoms with Crippen molar-refractivity contribution in [2.75, 3.05) is 6.61 Å². The Bertz CT molecular complexity index is 1010. The van der Waals surface area contributed by atoms with Crippen LogP contribution in [0.15, 0.2) is 36.4 Å². The van der Waals surface area contributed by atoms with E-state index in [4.69, 9.17) is 9.47 Å². The Kier molecular flexibility index (Phi) is 4.36. The summed E-state index contributed by atoms with van der Waals surface area (Å²) in [5.41, 5.74) is 3.43. The van der Waals surface area contributed by atoms with Crippen LogP contribution in [0.3, 0.4) is 0 Å². The van der Waals surface area contributed by atoms with E-state index in [0.29, 0.717) is 17.2 Å². The van der Waals surface area contributed by atoms with Crippen molar-refractivity contribution in [2.24, 2.45) is 0 Å². The van der Waals surface area contributed by atoms with E-state index in [1.165, 1.54) is 11.3 Å². The van der Waals surface area contributed by atoms with Crippen molar-refractivity contribution in [3.05, 3.63) is 52.5 Å². The van der Waals surface area contributed by atoms with Crippen LogP contribution < -0.4 is 9.47 Å². The predicted octanol–water partition coefficient (Wildman–Crippen LogP) is 5.08. The van der Waals surface area contributed by atoms with Crippen LogP contribution in [0.1, 0.15) is 30.0 Å². The molecule has 130 valence electrons. The first-order chi connectivity index (χ1) is 12.7. The van der Waals surface area contributed by atoms with Gasteiger partial charge < -0.3 is 9.47 Å². The Morgan fingerprint density at radius 1 is 1.42 bits per heavy atom. The van der Waals surface area contributed by atoms with E-state index in [-0.39, 0.29) is 6.10 Å². The van der Waals surface area contributed by atoms with Gasteiger partial charge in [-0.15, -0.1) is 11.3 Å². The van der Waals surface area contributed by atoms with E-state index in [2.05, 4.69) is 18.0 Å². The molecule has 0 radical (unpaired) electrons. The van der Waals surface area contributed by atoms with Crippen molar-refractivity contribution in [2.45, 2.75) is 26.4 Å². The molecule has 1 atom stereocenters. The summed E-state index contributed by atoms with van der Waals surface area (Å²) in [4.78, 5) is 4.60. The fourth-order valence-corrected chi connectivity index (χ4v) is 4.06.